The van der Waals surface area contributed by atoms with Gasteiger partial charge in [-0.05, 0) is 42.7 Å². The topological polar surface area (TPSA) is 80.8 Å². The molecule has 1 N–H and O–H groups in total. The zero-order valence-corrected chi connectivity index (χ0v) is 18.0. The molecule has 0 spiro atoms. The number of nitrogens with zero attached hydrogens (tertiary/aromatic N) is 5. The highest BCUT2D eigenvalue weighted by atomic mass is 16.1. The van der Waals surface area contributed by atoms with Crippen LogP contribution in [0.1, 0.15) is 18.2 Å². The van der Waals surface area contributed by atoms with Crippen LogP contribution in [0.3, 0.4) is 0 Å². The van der Waals surface area contributed by atoms with Crippen LogP contribution in [0.15, 0.2) is 53.6 Å². The van der Waals surface area contributed by atoms with Crippen LogP contribution in [0.5, 0.6) is 0 Å². The minimum absolute atomic E-state index is 0.206. The average molecular weight is 420 g/mol. The van der Waals surface area contributed by atoms with Crippen molar-refractivity contribution in [3.05, 3.63) is 81.8 Å². The van der Waals surface area contributed by atoms with Crippen LogP contribution in [0.2, 0.25) is 0 Å². The maximum atomic E-state index is 12.2. The summed E-state index contributed by atoms with van der Waals surface area (Å²) in [7, 11) is 1.87. The van der Waals surface area contributed by atoms with Gasteiger partial charge in [-0.25, -0.2) is 9.94 Å². The van der Waals surface area contributed by atoms with Crippen molar-refractivity contribution in [3.63, 3.8) is 0 Å². The van der Waals surface area contributed by atoms with Gasteiger partial charge in [0.05, 0.1) is 35.1 Å². The number of hydrogen-bond donors (Lipinski definition) is 1. The Morgan fingerprint density at radius 2 is 1.91 bits per heavy atom. The van der Waals surface area contributed by atoms with Crippen LogP contribution in [0.25, 0.3) is 48.9 Å². The third-order valence-corrected chi connectivity index (χ3v) is 5.79. The Morgan fingerprint density at radius 1 is 1.06 bits per heavy atom. The lowest BCUT2D eigenvalue weighted by Gasteiger charge is -2.12. The lowest BCUT2D eigenvalue weighted by molar-refractivity contribution is 0.776. The predicted molar refractivity (Wildman–Crippen MR) is 126 cm³/mol. The maximum Gasteiger partial charge on any atom is 0.272 e. The summed E-state index contributed by atoms with van der Waals surface area (Å²) in [5, 5.41) is 13.5. The van der Waals surface area contributed by atoms with Gasteiger partial charge < -0.3 is 0 Å². The molecule has 32 heavy (non-hydrogen) atoms. The minimum atomic E-state index is -0.206. The number of aromatic nitrogens is 5. The Labute approximate surface area is 184 Å². The van der Waals surface area contributed by atoms with Crippen molar-refractivity contribution in [2.24, 2.45) is 7.05 Å². The Balaban J connectivity index is 1.79. The highest BCUT2D eigenvalue weighted by molar-refractivity contribution is 6.03. The fraction of sp³-hybridized carbons (Fsp3) is 0.160. The lowest BCUT2D eigenvalue weighted by atomic mass is 9.96. The molecule has 3 aromatic heterocycles. The second-order valence-electron chi connectivity index (χ2n) is 7.80. The molecule has 0 radical (unpaired) electrons. The molecule has 0 amide bonds. The Kier molecular flexibility index (Phi) is 4.56. The molecule has 5 aromatic rings. The molecule has 0 saturated carbocycles. The lowest BCUT2D eigenvalue weighted by Crippen LogP contribution is -2.10. The average Bonchev–Trinajstić information content (AvgIpc) is 3.19. The van der Waals surface area contributed by atoms with E-state index in [1.807, 2.05) is 57.3 Å². The fourth-order valence-electron chi connectivity index (χ4n) is 4.23. The van der Waals surface area contributed by atoms with Crippen molar-refractivity contribution in [1.82, 2.24) is 25.0 Å². The van der Waals surface area contributed by atoms with E-state index >= 15 is 0 Å². The van der Waals surface area contributed by atoms with Gasteiger partial charge in [0.1, 0.15) is 0 Å². The molecule has 0 atom stereocenters. The molecule has 0 saturated heterocycles. The number of nitrogens with one attached hydrogen (secondary N) is 1. The summed E-state index contributed by atoms with van der Waals surface area (Å²) in [4.78, 5) is 20.6. The first kappa shape index (κ1) is 19.6. The molecule has 0 aliphatic rings. The van der Waals surface area contributed by atoms with E-state index in [9.17, 15) is 4.79 Å². The SMILES string of the molecule is [C-]#[N+]c1c(-c2c(-c3ccc4c(=O)[nH]nc(CC)c4c3)cnn2C)ccc2ncc(C)cc12. The van der Waals surface area contributed by atoms with Gasteiger partial charge in [0.25, 0.3) is 5.56 Å². The first-order valence-electron chi connectivity index (χ1n) is 10.3. The van der Waals surface area contributed by atoms with Gasteiger partial charge >= 0.3 is 0 Å². The van der Waals surface area contributed by atoms with E-state index in [-0.39, 0.29) is 5.56 Å². The van der Waals surface area contributed by atoms with Crippen molar-refractivity contribution in [1.29, 1.82) is 0 Å². The van der Waals surface area contributed by atoms with Crippen LogP contribution in [-0.2, 0) is 13.5 Å². The minimum Gasteiger partial charge on any atom is -0.269 e. The monoisotopic (exact) mass is 420 g/mol. The molecule has 3 heterocycles. The number of aromatic amines is 1. The van der Waals surface area contributed by atoms with Crippen LogP contribution in [0.4, 0.5) is 5.69 Å². The van der Waals surface area contributed by atoms with Gasteiger partial charge in [-0.3, -0.25) is 14.5 Å². The summed E-state index contributed by atoms with van der Waals surface area (Å²) in [5.41, 5.74) is 6.43. The van der Waals surface area contributed by atoms with Crippen molar-refractivity contribution >= 4 is 27.4 Å². The molecule has 2 aromatic carbocycles. The van der Waals surface area contributed by atoms with Gasteiger partial charge in [-0.2, -0.15) is 10.2 Å². The smallest absolute Gasteiger partial charge is 0.269 e. The van der Waals surface area contributed by atoms with E-state index in [1.165, 1.54) is 0 Å². The molecule has 0 aliphatic carbocycles. The number of rotatable bonds is 3. The number of pyridine rings is 1. The number of aryl methyl sites for hydroxylation is 3. The van der Waals surface area contributed by atoms with E-state index in [2.05, 4.69) is 25.1 Å². The van der Waals surface area contributed by atoms with Gasteiger partial charge in [0.2, 0.25) is 5.69 Å². The highest BCUT2D eigenvalue weighted by Gasteiger charge is 2.19. The molecular weight excluding hydrogens is 400 g/mol. The molecule has 0 bridgehead atoms. The van der Waals surface area contributed by atoms with E-state index in [1.54, 1.807) is 17.1 Å². The van der Waals surface area contributed by atoms with E-state index in [0.717, 1.165) is 49.9 Å². The first-order chi connectivity index (χ1) is 15.5. The number of H-pyrrole nitrogens is 1. The van der Waals surface area contributed by atoms with Gasteiger partial charge in [-0.15, -0.1) is 0 Å². The van der Waals surface area contributed by atoms with E-state index in [4.69, 9.17) is 6.57 Å². The van der Waals surface area contributed by atoms with Crippen molar-refractivity contribution in [2.45, 2.75) is 20.3 Å². The summed E-state index contributed by atoms with van der Waals surface area (Å²) in [6, 6.07) is 11.6. The predicted octanol–water partition coefficient (Wildman–Crippen LogP) is 4.96. The third kappa shape index (κ3) is 2.96. The molecular formula is C25H20N6O. The van der Waals surface area contributed by atoms with Crippen LogP contribution >= 0.6 is 0 Å². The van der Waals surface area contributed by atoms with E-state index < -0.39 is 0 Å². The summed E-state index contributed by atoms with van der Waals surface area (Å²) in [5.74, 6) is 0. The maximum absolute atomic E-state index is 12.2. The zero-order chi connectivity index (χ0) is 22.4. The standard InChI is InChI=1S/C25H20N6O/c1-5-21-18-11-15(6-7-16(18)25(32)30-29-21)20-13-28-31(4)24(20)17-8-9-22-19(23(17)26-3)10-14(2)12-27-22/h6-13H,5H2,1-2,4H3,(H,30,32). The van der Waals surface area contributed by atoms with Crippen molar-refractivity contribution in [3.8, 4) is 22.4 Å². The zero-order valence-electron chi connectivity index (χ0n) is 18.0. The Bertz CT molecular complexity index is 1620. The van der Waals surface area contributed by atoms with Gasteiger partial charge in [-0.1, -0.05) is 25.1 Å². The normalized spacial score (nSPS) is 11.2. The quantitative estimate of drug-likeness (QED) is 0.418. The molecule has 7 nitrogen and oxygen atoms in total. The van der Waals surface area contributed by atoms with Gasteiger partial charge in [0.15, 0.2) is 0 Å². The molecule has 156 valence electrons. The summed E-state index contributed by atoms with van der Waals surface area (Å²) >= 11 is 0. The molecule has 0 fully saturated rings. The largest absolute Gasteiger partial charge is 0.272 e. The molecule has 0 unspecified atom stereocenters. The third-order valence-electron chi connectivity index (χ3n) is 5.79. The van der Waals surface area contributed by atoms with E-state index in [0.29, 0.717) is 17.5 Å². The summed E-state index contributed by atoms with van der Waals surface area (Å²) < 4.78 is 1.79. The van der Waals surface area contributed by atoms with Gasteiger partial charge in [0, 0.05) is 35.1 Å². The van der Waals surface area contributed by atoms with Crippen molar-refractivity contribution < 1.29 is 0 Å². The second-order valence-corrected chi connectivity index (χ2v) is 7.80. The van der Waals surface area contributed by atoms with Crippen LogP contribution in [0, 0.1) is 13.5 Å². The van der Waals surface area contributed by atoms with Crippen molar-refractivity contribution in [2.75, 3.05) is 0 Å². The molecule has 5 rings (SSSR count). The second kappa shape index (κ2) is 7.43. The Hall–Kier alpha value is -4.31. The first-order valence-corrected chi connectivity index (χ1v) is 10.3. The number of benzene rings is 2. The summed E-state index contributed by atoms with van der Waals surface area (Å²) in [6.07, 6.45) is 4.31. The highest BCUT2D eigenvalue weighted by Crippen LogP contribution is 2.41. The number of fused-ring (bicyclic) bond motifs is 2. The molecule has 7 heteroatoms. The fourth-order valence-corrected chi connectivity index (χ4v) is 4.23. The number of hydrogen-bond acceptors (Lipinski definition) is 4. The van der Waals surface area contributed by atoms with Crippen LogP contribution < -0.4 is 5.56 Å². The summed E-state index contributed by atoms with van der Waals surface area (Å²) in [6.45, 7) is 11.9. The van der Waals surface area contributed by atoms with Crippen LogP contribution in [-0.4, -0.2) is 25.0 Å². The molecule has 0 aliphatic heterocycles. The Morgan fingerprint density at radius 3 is 2.69 bits per heavy atom.